The lowest BCUT2D eigenvalue weighted by atomic mass is 9.95. The van der Waals surface area contributed by atoms with E-state index in [0.717, 1.165) is 0 Å². The molecule has 1 aromatic carbocycles. The monoisotopic (exact) mass is 513 g/mol. The largest absolute Gasteiger partial charge is 0.416 e. The van der Waals surface area contributed by atoms with Gasteiger partial charge in [-0.15, -0.1) is 5.10 Å². The zero-order valence-electron chi connectivity index (χ0n) is 22.1. The van der Waals surface area contributed by atoms with Crippen molar-refractivity contribution >= 4 is 28.2 Å². The number of hydrazine groups is 1. The maximum Gasteiger partial charge on any atom is 0.416 e. The van der Waals surface area contributed by atoms with Crippen molar-refractivity contribution in [3.05, 3.63) is 36.2 Å². The van der Waals surface area contributed by atoms with E-state index in [-0.39, 0.29) is 17.1 Å². The van der Waals surface area contributed by atoms with Gasteiger partial charge in [0.1, 0.15) is 11.2 Å². The van der Waals surface area contributed by atoms with Crippen molar-refractivity contribution in [3.63, 3.8) is 0 Å². The first kappa shape index (κ1) is 18.4. The van der Waals surface area contributed by atoms with Crippen LogP contribution in [0.3, 0.4) is 0 Å². The number of hydrogen-bond acceptors (Lipinski definition) is 5. The first-order valence-electron chi connectivity index (χ1n) is 11.2. The highest BCUT2D eigenvalue weighted by atomic mass is 32.5. The van der Waals surface area contributed by atoms with Crippen LogP contribution in [0.25, 0.3) is 17.6 Å². The Kier molecular flexibility index (Phi) is 4.04. The molecule has 0 atom stereocenters. The fourth-order valence-electron chi connectivity index (χ4n) is 2.15. The van der Waals surface area contributed by atoms with Crippen molar-refractivity contribution in [2.75, 3.05) is 0 Å². The van der Waals surface area contributed by atoms with Crippen LogP contribution in [0.4, 0.5) is 32.6 Å². The van der Waals surface area contributed by atoms with Gasteiger partial charge in [0.15, 0.2) is 5.82 Å². The summed E-state index contributed by atoms with van der Waals surface area (Å²) in [6.07, 6.45) is -3.83. The van der Waals surface area contributed by atoms with Crippen LogP contribution in [0, 0.1) is 5.41 Å². The van der Waals surface area contributed by atoms with Gasteiger partial charge >= 0.3 is 16.4 Å². The highest BCUT2D eigenvalue weighted by Gasteiger charge is 2.66. The number of nitrogens with two attached hydrogens (primary N) is 1. The van der Waals surface area contributed by atoms with Crippen molar-refractivity contribution in [1.29, 1.82) is 0 Å². The van der Waals surface area contributed by atoms with Gasteiger partial charge in [-0.2, -0.15) is 13.2 Å². The van der Waals surface area contributed by atoms with Crippen LogP contribution in [-0.4, -0.2) is 31.6 Å². The van der Waals surface area contributed by atoms with E-state index in [1.165, 1.54) is 0 Å². The van der Waals surface area contributed by atoms with Crippen LogP contribution in [0.1, 0.15) is 34.4 Å². The number of aromatic nitrogens is 3. The SMILES string of the molecule is [2H]C([2H])([2H])C(C)(C(=O)N(N)C(=O)C=Cn1cnc(-c2cc(C(F)(F)F)cc(S(F)(F)(F)(F)F)c2)n1)C([2H])([2H])[2H]. The van der Waals surface area contributed by atoms with Crippen molar-refractivity contribution in [1.82, 2.24) is 19.8 Å². The zero-order chi connectivity index (χ0) is 30.7. The number of alkyl halides is 3. The molecular formula is C17H17F8N5O2S. The van der Waals surface area contributed by atoms with Gasteiger partial charge in [-0.05, 0) is 18.2 Å². The summed E-state index contributed by atoms with van der Waals surface area (Å²) >= 11 is 0. The summed E-state index contributed by atoms with van der Waals surface area (Å²) in [7, 11) is -10.6. The van der Waals surface area contributed by atoms with Gasteiger partial charge < -0.3 is 0 Å². The Morgan fingerprint density at radius 2 is 1.76 bits per heavy atom. The maximum atomic E-state index is 13.2. The quantitative estimate of drug-likeness (QED) is 0.195. The van der Waals surface area contributed by atoms with Crippen LogP contribution in [0.15, 0.2) is 35.5 Å². The maximum absolute atomic E-state index is 13.2. The molecule has 7 nitrogen and oxygen atoms in total. The molecule has 1 aromatic heterocycles. The van der Waals surface area contributed by atoms with E-state index in [0.29, 0.717) is 30.2 Å². The number of hydrogen-bond donors (Lipinski definition) is 1. The standard InChI is InChI=1S/C17H17F8N5O2S/c1-16(2,3)15(32)30(26)13(31)4-5-29-9-27-14(28-29)10-6-11(17(18,19)20)8-12(7-10)33(21,22,23,24)25/h4-9H,26H2,1-3H3/i1D3,2D3. The molecule has 0 bridgehead atoms. The topological polar surface area (TPSA) is 94.1 Å². The molecule has 33 heavy (non-hydrogen) atoms. The molecule has 1 heterocycles. The van der Waals surface area contributed by atoms with Gasteiger partial charge in [0.05, 0.1) is 5.56 Å². The predicted octanol–water partition coefficient (Wildman–Crippen LogP) is 5.37. The third-order valence-electron chi connectivity index (χ3n) is 3.70. The van der Waals surface area contributed by atoms with E-state index < -0.39 is 75.2 Å². The van der Waals surface area contributed by atoms with E-state index in [4.69, 9.17) is 14.1 Å². The summed E-state index contributed by atoms with van der Waals surface area (Å²) in [5.41, 5.74) is -6.31. The number of amides is 2. The van der Waals surface area contributed by atoms with Crippen LogP contribution in [0.5, 0.6) is 0 Å². The molecule has 0 saturated carbocycles. The molecule has 2 aromatic rings. The molecular weight excluding hydrogens is 490 g/mol. The lowest BCUT2D eigenvalue weighted by Crippen LogP contribution is -2.47. The second-order valence-corrected chi connectivity index (χ2v) is 9.12. The molecule has 0 aliphatic rings. The summed E-state index contributed by atoms with van der Waals surface area (Å²) in [4.78, 5) is 25.3. The summed E-state index contributed by atoms with van der Waals surface area (Å²) in [5, 5.41) is 3.12. The minimum atomic E-state index is -10.6. The minimum absolute atomic E-state index is 0.0757. The number of imide groups is 1. The van der Waals surface area contributed by atoms with Crippen LogP contribution in [-0.2, 0) is 15.8 Å². The zero-order valence-corrected chi connectivity index (χ0v) is 16.9. The van der Waals surface area contributed by atoms with Gasteiger partial charge in [0.2, 0.25) is 5.91 Å². The molecule has 2 N–H and O–H groups in total. The van der Waals surface area contributed by atoms with Gasteiger partial charge in [0.25, 0.3) is 5.91 Å². The van der Waals surface area contributed by atoms with Crippen molar-refractivity contribution < 1.29 is 50.4 Å². The Hall–Kier alpha value is -3.01. The van der Waals surface area contributed by atoms with E-state index in [2.05, 4.69) is 10.1 Å². The van der Waals surface area contributed by atoms with Gasteiger partial charge in [-0.1, -0.05) is 40.1 Å². The van der Waals surface area contributed by atoms with E-state index in [9.17, 15) is 42.2 Å². The molecule has 0 spiro atoms. The number of carbonyl (C=O) groups is 2. The Bertz CT molecular complexity index is 1330. The molecule has 0 unspecified atom stereocenters. The number of benzene rings is 1. The Balaban J connectivity index is 2.43. The fourth-order valence-corrected chi connectivity index (χ4v) is 2.85. The lowest BCUT2D eigenvalue weighted by Gasteiger charge is -2.40. The highest BCUT2D eigenvalue weighted by Crippen LogP contribution is 3.02. The number of nitrogens with zero attached hydrogens (tertiary/aromatic N) is 4. The Morgan fingerprint density at radius 1 is 1.15 bits per heavy atom. The third kappa shape index (κ3) is 6.50. The average Bonchev–Trinajstić information content (AvgIpc) is 3.20. The summed E-state index contributed by atoms with van der Waals surface area (Å²) in [6.45, 7) is -6.36. The van der Waals surface area contributed by atoms with Crippen LogP contribution < -0.4 is 5.84 Å². The Morgan fingerprint density at radius 3 is 2.27 bits per heavy atom. The van der Waals surface area contributed by atoms with E-state index in [1.54, 1.807) is 0 Å². The molecule has 0 fully saturated rings. The minimum Gasteiger partial charge on any atom is -0.272 e. The van der Waals surface area contributed by atoms with Crippen molar-refractivity contribution in [3.8, 4) is 11.4 Å². The van der Waals surface area contributed by atoms with Crippen molar-refractivity contribution in [2.45, 2.75) is 31.7 Å². The molecule has 184 valence electrons. The summed E-state index contributed by atoms with van der Waals surface area (Å²) in [5.74, 6) is 1.04. The number of halogens is 8. The summed E-state index contributed by atoms with van der Waals surface area (Å²) in [6, 6.07) is -0.984. The third-order valence-corrected chi connectivity index (χ3v) is 4.83. The molecule has 2 amide bonds. The first-order valence-corrected chi connectivity index (χ1v) is 10.1. The molecule has 16 heteroatoms. The van der Waals surface area contributed by atoms with Crippen molar-refractivity contribution in [2.24, 2.45) is 11.3 Å². The second-order valence-electron chi connectivity index (χ2n) is 6.72. The average molecular weight is 513 g/mol. The molecule has 0 radical (unpaired) electrons. The van der Waals surface area contributed by atoms with Gasteiger partial charge in [-0.25, -0.2) is 20.5 Å². The van der Waals surface area contributed by atoms with Crippen LogP contribution in [0.2, 0.25) is 0 Å². The highest BCUT2D eigenvalue weighted by molar-refractivity contribution is 8.45. The van der Waals surface area contributed by atoms with Gasteiger partial charge in [-0.3, -0.25) is 9.59 Å². The second kappa shape index (κ2) is 7.24. The molecule has 0 aliphatic carbocycles. The van der Waals surface area contributed by atoms with Crippen LogP contribution >= 0.6 is 10.2 Å². The number of carbonyl (C=O) groups excluding carboxylic acids is 2. The normalized spacial score (nSPS) is 18.7. The van der Waals surface area contributed by atoms with E-state index in [1.807, 2.05) is 0 Å². The molecule has 2 rings (SSSR count). The number of rotatable bonds is 4. The smallest absolute Gasteiger partial charge is 0.272 e. The predicted molar refractivity (Wildman–Crippen MR) is 103 cm³/mol. The first-order chi connectivity index (χ1) is 17.0. The Labute approximate surface area is 190 Å². The lowest BCUT2D eigenvalue weighted by molar-refractivity contribution is -0.148. The summed E-state index contributed by atoms with van der Waals surface area (Å²) < 4.78 is 150. The molecule has 0 saturated heterocycles. The fraction of sp³-hybridized carbons (Fsp3) is 0.294. The van der Waals surface area contributed by atoms with E-state index >= 15 is 0 Å². The van der Waals surface area contributed by atoms with Gasteiger partial charge in [0, 0.05) is 31.5 Å². The molecule has 0 aliphatic heterocycles.